The molecule has 0 amide bonds. The number of aromatic amines is 1. The van der Waals surface area contributed by atoms with Crippen LogP contribution in [0.3, 0.4) is 0 Å². The Morgan fingerprint density at radius 2 is 1.85 bits per heavy atom. The van der Waals surface area contributed by atoms with Gasteiger partial charge in [0, 0.05) is 6.54 Å². The lowest BCUT2D eigenvalue weighted by Crippen LogP contribution is -2.18. The van der Waals surface area contributed by atoms with E-state index in [1.807, 2.05) is 50.2 Å². The summed E-state index contributed by atoms with van der Waals surface area (Å²) >= 11 is 0. The first kappa shape index (κ1) is 18.9. The van der Waals surface area contributed by atoms with E-state index in [1.165, 1.54) is 0 Å². The molecule has 6 nitrogen and oxygen atoms in total. The number of rotatable bonds is 8. The van der Waals surface area contributed by atoms with Crippen molar-refractivity contribution in [1.82, 2.24) is 9.55 Å². The van der Waals surface area contributed by atoms with Crippen molar-refractivity contribution >= 4 is 17.0 Å². The van der Waals surface area contributed by atoms with Crippen LogP contribution in [0, 0.1) is 0 Å². The second-order valence-electron chi connectivity index (χ2n) is 6.65. The van der Waals surface area contributed by atoms with Gasteiger partial charge in [0.1, 0.15) is 0 Å². The van der Waals surface area contributed by atoms with Crippen LogP contribution in [0.4, 0.5) is 0 Å². The van der Waals surface area contributed by atoms with Gasteiger partial charge in [0.15, 0.2) is 0 Å². The molecule has 1 N–H and O–H groups in total. The molecule has 0 radical (unpaired) electrons. The number of ether oxygens (including phenoxy) is 2. The molecule has 0 saturated carbocycles. The zero-order valence-electron chi connectivity index (χ0n) is 15.6. The Hall–Kier alpha value is -2.86. The van der Waals surface area contributed by atoms with Crippen molar-refractivity contribution in [3.05, 3.63) is 70.1 Å². The topological polar surface area (TPSA) is 73.3 Å². The van der Waals surface area contributed by atoms with Crippen LogP contribution in [0.15, 0.2) is 53.3 Å². The maximum atomic E-state index is 12.1. The van der Waals surface area contributed by atoms with Crippen molar-refractivity contribution in [2.75, 3.05) is 6.61 Å². The maximum absolute atomic E-state index is 12.1. The van der Waals surface area contributed by atoms with Gasteiger partial charge in [-0.3, -0.25) is 4.57 Å². The molecular weight excluding hydrogens is 344 g/mol. The average molecular weight is 368 g/mol. The third-order valence-electron chi connectivity index (χ3n) is 4.21. The number of H-pyrrole nitrogens is 1. The highest BCUT2D eigenvalue weighted by molar-refractivity contribution is 5.89. The SMILES string of the molecule is CC(C)OCc1ccc(C(=O)OCCCn2c(=O)[nH]c3ccccc32)cc1. The Bertz CT molecular complexity index is 954. The number of fused-ring (bicyclic) bond motifs is 1. The van der Waals surface area contributed by atoms with Gasteiger partial charge in [-0.1, -0.05) is 24.3 Å². The summed E-state index contributed by atoms with van der Waals surface area (Å²) in [6, 6.07) is 14.7. The molecule has 3 rings (SSSR count). The lowest BCUT2D eigenvalue weighted by Gasteiger charge is -2.09. The summed E-state index contributed by atoms with van der Waals surface area (Å²) in [6.07, 6.45) is 0.729. The monoisotopic (exact) mass is 368 g/mol. The number of hydrogen-bond donors (Lipinski definition) is 1. The number of aryl methyl sites for hydroxylation is 1. The molecule has 6 heteroatoms. The number of para-hydroxylation sites is 2. The highest BCUT2D eigenvalue weighted by Gasteiger charge is 2.09. The number of esters is 1. The van der Waals surface area contributed by atoms with Gasteiger partial charge in [-0.25, -0.2) is 9.59 Å². The standard InChI is InChI=1S/C21H24N2O4/c1-15(2)27-14-16-8-10-17(11-9-16)20(24)26-13-5-12-23-19-7-4-3-6-18(19)22-21(23)25/h3-4,6-11,15H,5,12-14H2,1-2H3,(H,22,25). The summed E-state index contributed by atoms with van der Waals surface area (Å²) in [5.41, 5.74) is 3.03. The van der Waals surface area contributed by atoms with Gasteiger partial charge in [0.2, 0.25) is 0 Å². The van der Waals surface area contributed by atoms with Gasteiger partial charge in [-0.15, -0.1) is 0 Å². The first-order chi connectivity index (χ1) is 13.0. The van der Waals surface area contributed by atoms with Crippen molar-refractivity contribution in [1.29, 1.82) is 0 Å². The summed E-state index contributed by atoms with van der Waals surface area (Å²) in [7, 11) is 0. The van der Waals surface area contributed by atoms with Crippen LogP contribution >= 0.6 is 0 Å². The van der Waals surface area contributed by atoms with Crippen LogP contribution in [0.2, 0.25) is 0 Å². The van der Waals surface area contributed by atoms with Crippen LogP contribution in [0.1, 0.15) is 36.2 Å². The van der Waals surface area contributed by atoms with Gasteiger partial charge in [-0.05, 0) is 50.1 Å². The predicted octanol–water partition coefficient (Wildman–Crippen LogP) is 3.50. The van der Waals surface area contributed by atoms with Gasteiger partial charge >= 0.3 is 11.7 Å². The van der Waals surface area contributed by atoms with E-state index in [2.05, 4.69) is 4.98 Å². The van der Waals surface area contributed by atoms with Crippen molar-refractivity contribution in [2.45, 2.75) is 39.5 Å². The molecular formula is C21H24N2O4. The van der Waals surface area contributed by atoms with E-state index in [1.54, 1.807) is 16.7 Å². The van der Waals surface area contributed by atoms with Crippen LogP contribution in [0.25, 0.3) is 11.0 Å². The van der Waals surface area contributed by atoms with Gasteiger partial charge < -0.3 is 14.5 Å². The molecule has 0 bridgehead atoms. The number of nitrogens with one attached hydrogen (secondary N) is 1. The van der Waals surface area contributed by atoms with E-state index in [4.69, 9.17) is 9.47 Å². The molecule has 0 aliphatic carbocycles. The molecule has 3 aromatic rings. The summed E-state index contributed by atoms with van der Waals surface area (Å²) in [5.74, 6) is -0.363. The quantitative estimate of drug-likeness (QED) is 0.488. The Morgan fingerprint density at radius 1 is 1.11 bits per heavy atom. The Morgan fingerprint density at radius 3 is 2.59 bits per heavy atom. The Balaban J connectivity index is 1.49. The van der Waals surface area contributed by atoms with Crippen molar-refractivity contribution in [3.8, 4) is 0 Å². The number of carbonyl (C=O) groups excluding carboxylic acids is 1. The summed E-state index contributed by atoms with van der Waals surface area (Å²) in [5, 5.41) is 0. The van der Waals surface area contributed by atoms with Crippen LogP contribution < -0.4 is 5.69 Å². The van der Waals surface area contributed by atoms with E-state index in [0.717, 1.165) is 16.6 Å². The minimum atomic E-state index is -0.363. The second-order valence-corrected chi connectivity index (χ2v) is 6.65. The van der Waals surface area contributed by atoms with Gasteiger partial charge in [0.25, 0.3) is 0 Å². The van der Waals surface area contributed by atoms with Crippen molar-refractivity contribution in [3.63, 3.8) is 0 Å². The fraction of sp³-hybridized carbons (Fsp3) is 0.333. The molecule has 0 atom stereocenters. The first-order valence-corrected chi connectivity index (χ1v) is 9.10. The number of nitrogens with zero attached hydrogens (tertiary/aromatic N) is 1. The Labute approximate surface area is 157 Å². The van der Waals surface area contributed by atoms with E-state index in [-0.39, 0.29) is 24.4 Å². The number of carbonyl (C=O) groups is 1. The molecule has 0 aliphatic heterocycles. The minimum absolute atomic E-state index is 0.151. The normalized spacial score (nSPS) is 11.2. The van der Waals surface area contributed by atoms with E-state index in [0.29, 0.717) is 25.1 Å². The van der Waals surface area contributed by atoms with Crippen LogP contribution in [-0.2, 0) is 22.6 Å². The average Bonchev–Trinajstić information content (AvgIpc) is 2.99. The molecule has 0 saturated heterocycles. The number of hydrogen-bond acceptors (Lipinski definition) is 4. The van der Waals surface area contributed by atoms with E-state index in [9.17, 15) is 9.59 Å². The molecule has 27 heavy (non-hydrogen) atoms. The molecule has 2 aromatic carbocycles. The van der Waals surface area contributed by atoms with Crippen molar-refractivity contribution in [2.24, 2.45) is 0 Å². The molecule has 0 aliphatic rings. The molecule has 1 heterocycles. The lowest BCUT2D eigenvalue weighted by atomic mass is 10.1. The Kier molecular flexibility index (Phi) is 6.08. The van der Waals surface area contributed by atoms with Crippen molar-refractivity contribution < 1.29 is 14.3 Å². The van der Waals surface area contributed by atoms with E-state index < -0.39 is 0 Å². The maximum Gasteiger partial charge on any atom is 0.338 e. The first-order valence-electron chi connectivity index (χ1n) is 9.10. The molecule has 1 aromatic heterocycles. The second kappa shape index (κ2) is 8.68. The minimum Gasteiger partial charge on any atom is -0.462 e. The zero-order chi connectivity index (χ0) is 19.2. The fourth-order valence-corrected chi connectivity index (χ4v) is 2.80. The largest absolute Gasteiger partial charge is 0.462 e. The summed E-state index contributed by atoms with van der Waals surface area (Å²) in [4.78, 5) is 27.0. The van der Waals surface area contributed by atoms with Crippen LogP contribution in [-0.4, -0.2) is 28.2 Å². The highest BCUT2D eigenvalue weighted by atomic mass is 16.5. The van der Waals surface area contributed by atoms with Gasteiger partial charge in [-0.2, -0.15) is 0 Å². The third-order valence-corrected chi connectivity index (χ3v) is 4.21. The molecule has 0 fully saturated rings. The van der Waals surface area contributed by atoms with E-state index >= 15 is 0 Å². The fourth-order valence-electron chi connectivity index (χ4n) is 2.80. The number of aromatic nitrogens is 2. The zero-order valence-corrected chi connectivity index (χ0v) is 15.6. The number of benzene rings is 2. The summed E-state index contributed by atoms with van der Waals surface area (Å²) < 4.78 is 12.5. The molecule has 142 valence electrons. The van der Waals surface area contributed by atoms with Crippen LogP contribution in [0.5, 0.6) is 0 Å². The van der Waals surface area contributed by atoms with Gasteiger partial charge in [0.05, 0.1) is 35.9 Å². The summed E-state index contributed by atoms with van der Waals surface area (Å²) in [6.45, 7) is 5.23. The predicted molar refractivity (Wildman–Crippen MR) is 104 cm³/mol. The lowest BCUT2D eigenvalue weighted by molar-refractivity contribution is 0.0495. The molecule has 0 spiro atoms. The highest BCUT2D eigenvalue weighted by Crippen LogP contribution is 2.11. The number of imidazole rings is 1. The smallest absolute Gasteiger partial charge is 0.338 e. The third kappa shape index (κ3) is 4.86. The molecule has 0 unspecified atom stereocenters.